The fraction of sp³-hybridized carbons (Fsp3) is 0.500. The van der Waals surface area contributed by atoms with E-state index in [1.54, 1.807) is 0 Å². The van der Waals surface area contributed by atoms with Gasteiger partial charge in [0.15, 0.2) is 0 Å². The maximum Gasteiger partial charge on any atom is 0.407 e. The maximum atomic E-state index is 11.5. The number of benzene rings is 1. The van der Waals surface area contributed by atoms with Crippen molar-refractivity contribution in [3.63, 3.8) is 0 Å². The van der Waals surface area contributed by atoms with Crippen LogP contribution in [0.25, 0.3) is 0 Å². The van der Waals surface area contributed by atoms with Crippen molar-refractivity contribution in [2.75, 3.05) is 19.7 Å². The Morgan fingerprint density at radius 2 is 2.22 bits per heavy atom. The molecule has 18 heavy (non-hydrogen) atoms. The predicted molar refractivity (Wildman–Crippen MR) is 70.5 cm³/mol. The summed E-state index contributed by atoms with van der Waals surface area (Å²) in [5.41, 5.74) is 1.18. The van der Waals surface area contributed by atoms with Gasteiger partial charge in [0.1, 0.15) is 0 Å². The molecule has 0 spiro atoms. The van der Waals surface area contributed by atoms with Crippen LogP contribution in [0.2, 0.25) is 0 Å². The van der Waals surface area contributed by atoms with E-state index < -0.39 is 0 Å². The first kappa shape index (κ1) is 12.9. The zero-order chi connectivity index (χ0) is 12.6. The van der Waals surface area contributed by atoms with Gasteiger partial charge < -0.3 is 15.4 Å². The maximum absolute atomic E-state index is 11.5. The fourth-order valence-corrected chi connectivity index (χ4v) is 2.09. The summed E-state index contributed by atoms with van der Waals surface area (Å²) in [5, 5.41) is 6.13. The van der Waals surface area contributed by atoms with E-state index in [1.165, 1.54) is 5.56 Å². The molecule has 2 rings (SSSR count). The minimum Gasteiger partial charge on any atom is -0.449 e. The first-order chi connectivity index (χ1) is 8.84. The molecule has 1 unspecified atom stereocenters. The number of nitrogens with one attached hydrogen (secondary N) is 2. The minimum atomic E-state index is -0.306. The lowest BCUT2D eigenvalue weighted by atomic mass is 10.1. The van der Waals surface area contributed by atoms with Gasteiger partial charge in [-0.15, -0.1) is 0 Å². The van der Waals surface area contributed by atoms with Crippen molar-refractivity contribution >= 4 is 6.09 Å². The summed E-state index contributed by atoms with van der Waals surface area (Å²) in [7, 11) is 0. The van der Waals surface area contributed by atoms with E-state index in [0.717, 1.165) is 32.4 Å². The molecule has 1 aliphatic rings. The van der Waals surface area contributed by atoms with Crippen molar-refractivity contribution in [3.05, 3.63) is 35.9 Å². The normalized spacial score (nSPS) is 19.2. The fourth-order valence-electron chi connectivity index (χ4n) is 2.09. The van der Waals surface area contributed by atoms with Crippen molar-refractivity contribution in [1.29, 1.82) is 0 Å². The van der Waals surface area contributed by atoms with Crippen molar-refractivity contribution in [2.45, 2.75) is 25.3 Å². The number of piperidine rings is 1. The Balaban J connectivity index is 1.62. The van der Waals surface area contributed by atoms with Crippen molar-refractivity contribution in [2.24, 2.45) is 0 Å². The molecule has 0 aromatic heterocycles. The molecule has 0 aliphatic carbocycles. The largest absolute Gasteiger partial charge is 0.449 e. The molecule has 0 saturated carbocycles. The van der Waals surface area contributed by atoms with Crippen LogP contribution < -0.4 is 10.6 Å². The van der Waals surface area contributed by atoms with Crippen LogP contribution in [-0.2, 0) is 11.2 Å². The molecule has 4 heteroatoms. The van der Waals surface area contributed by atoms with Crippen LogP contribution in [-0.4, -0.2) is 31.8 Å². The Bertz CT molecular complexity index is 361. The van der Waals surface area contributed by atoms with Gasteiger partial charge in [0, 0.05) is 19.0 Å². The van der Waals surface area contributed by atoms with Crippen LogP contribution in [0.1, 0.15) is 18.4 Å². The summed E-state index contributed by atoms with van der Waals surface area (Å²) in [6, 6.07) is 10.2. The average Bonchev–Trinajstić information content (AvgIpc) is 2.41. The zero-order valence-corrected chi connectivity index (χ0v) is 10.5. The molecule has 0 bridgehead atoms. The predicted octanol–water partition coefficient (Wildman–Crippen LogP) is 1.71. The van der Waals surface area contributed by atoms with Crippen LogP contribution >= 0.6 is 0 Å². The monoisotopic (exact) mass is 248 g/mol. The van der Waals surface area contributed by atoms with E-state index >= 15 is 0 Å². The van der Waals surface area contributed by atoms with Gasteiger partial charge in [0.2, 0.25) is 0 Å². The summed E-state index contributed by atoms with van der Waals surface area (Å²) in [6.07, 6.45) is 2.59. The van der Waals surface area contributed by atoms with Crippen LogP contribution in [0.4, 0.5) is 4.79 Å². The van der Waals surface area contributed by atoms with E-state index in [9.17, 15) is 4.79 Å². The van der Waals surface area contributed by atoms with E-state index in [2.05, 4.69) is 10.6 Å². The second-order valence-corrected chi connectivity index (χ2v) is 4.56. The number of carbonyl (C=O) groups is 1. The molecule has 1 heterocycles. The number of hydrogen-bond donors (Lipinski definition) is 2. The Labute approximate surface area is 108 Å². The highest BCUT2D eigenvalue weighted by Gasteiger charge is 2.15. The highest BCUT2D eigenvalue weighted by Crippen LogP contribution is 2.02. The van der Waals surface area contributed by atoms with E-state index in [1.807, 2.05) is 30.3 Å². The van der Waals surface area contributed by atoms with E-state index in [-0.39, 0.29) is 12.1 Å². The molecular formula is C14H20N2O2. The van der Waals surface area contributed by atoms with Gasteiger partial charge in [-0.25, -0.2) is 4.79 Å². The number of carbonyl (C=O) groups excluding carboxylic acids is 1. The molecule has 1 amide bonds. The minimum absolute atomic E-state index is 0.211. The van der Waals surface area contributed by atoms with E-state index in [0.29, 0.717) is 6.61 Å². The Morgan fingerprint density at radius 1 is 1.39 bits per heavy atom. The molecule has 1 aromatic carbocycles. The van der Waals surface area contributed by atoms with Crippen LogP contribution in [0.15, 0.2) is 30.3 Å². The quantitative estimate of drug-likeness (QED) is 0.853. The van der Waals surface area contributed by atoms with Crippen molar-refractivity contribution in [3.8, 4) is 0 Å². The highest BCUT2D eigenvalue weighted by atomic mass is 16.5. The van der Waals surface area contributed by atoms with Gasteiger partial charge in [-0.2, -0.15) is 0 Å². The first-order valence-electron chi connectivity index (χ1n) is 6.52. The van der Waals surface area contributed by atoms with Crippen LogP contribution in [0.5, 0.6) is 0 Å². The van der Waals surface area contributed by atoms with Gasteiger partial charge in [-0.05, 0) is 24.9 Å². The Morgan fingerprint density at radius 3 is 2.94 bits per heavy atom. The Hall–Kier alpha value is -1.55. The summed E-state index contributed by atoms with van der Waals surface area (Å²) in [6.45, 7) is 2.31. The lowest BCUT2D eigenvalue weighted by Gasteiger charge is -2.23. The lowest BCUT2D eigenvalue weighted by molar-refractivity contribution is 0.141. The van der Waals surface area contributed by atoms with Crippen LogP contribution in [0.3, 0.4) is 0 Å². The third-order valence-corrected chi connectivity index (χ3v) is 3.09. The molecule has 1 atom stereocenters. The summed E-state index contributed by atoms with van der Waals surface area (Å²) in [5.74, 6) is 0. The summed E-state index contributed by atoms with van der Waals surface area (Å²) >= 11 is 0. The molecule has 4 nitrogen and oxygen atoms in total. The lowest BCUT2D eigenvalue weighted by Crippen LogP contribution is -2.45. The van der Waals surface area contributed by atoms with Gasteiger partial charge >= 0.3 is 6.09 Å². The smallest absolute Gasteiger partial charge is 0.407 e. The molecule has 0 radical (unpaired) electrons. The second kappa shape index (κ2) is 7.01. The number of rotatable bonds is 4. The SMILES string of the molecule is O=C(NC1CCCNC1)OCCc1ccccc1. The molecule has 1 saturated heterocycles. The number of amides is 1. The highest BCUT2D eigenvalue weighted by molar-refractivity contribution is 5.67. The number of hydrogen-bond acceptors (Lipinski definition) is 3. The molecule has 98 valence electrons. The Kier molecular flexibility index (Phi) is 5.02. The zero-order valence-electron chi connectivity index (χ0n) is 10.5. The van der Waals surface area contributed by atoms with Gasteiger partial charge in [-0.3, -0.25) is 0 Å². The second-order valence-electron chi connectivity index (χ2n) is 4.56. The number of ether oxygens (including phenoxy) is 1. The molecule has 1 aliphatic heterocycles. The van der Waals surface area contributed by atoms with Crippen LogP contribution in [0, 0.1) is 0 Å². The van der Waals surface area contributed by atoms with Gasteiger partial charge in [0.25, 0.3) is 0 Å². The molecule has 1 aromatic rings. The average molecular weight is 248 g/mol. The summed E-state index contributed by atoms with van der Waals surface area (Å²) < 4.78 is 5.17. The first-order valence-corrected chi connectivity index (χ1v) is 6.52. The van der Waals surface area contributed by atoms with E-state index in [4.69, 9.17) is 4.74 Å². The van der Waals surface area contributed by atoms with Gasteiger partial charge in [0.05, 0.1) is 6.61 Å². The third-order valence-electron chi connectivity index (χ3n) is 3.09. The summed E-state index contributed by atoms with van der Waals surface area (Å²) in [4.78, 5) is 11.5. The number of alkyl carbamates (subject to hydrolysis) is 1. The standard InChI is InChI=1S/C14H20N2O2/c17-14(16-13-7-4-9-15-11-13)18-10-8-12-5-2-1-3-6-12/h1-3,5-6,13,15H,4,7-11H2,(H,16,17). The molecule has 1 fully saturated rings. The third kappa shape index (κ3) is 4.37. The van der Waals surface area contributed by atoms with Gasteiger partial charge in [-0.1, -0.05) is 30.3 Å². The topological polar surface area (TPSA) is 50.4 Å². The molecular weight excluding hydrogens is 228 g/mol. The molecule has 2 N–H and O–H groups in total. The van der Waals surface area contributed by atoms with Crippen molar-refractivity contribution < 1.29 is 9.53 Å². The van der Waals surface area contributed by atoms with Crippen molar-refractivity contribution in [1.82, 2.24) is 10.6 Å².